The first kappa shape index (κ1) is 19.9. The normalized spacial score (nSPS) is 17.7. The molecular weight excluding hydrogens is 462 g/mol. The van der Waals surface area contributed by atoms with Crippen LogP contribution in [0.4, 0.5) is 5.13 Å². The van der Waals surface area contributed by atoms with Crippen molar-refractivity contribution in [1.82, 2.24) is 9.29 Å². The zero-order valence-electron chi connectivity index (χ0n) is 15.5. The van der Waals surface area contributed by atoms with E-state index >= 15 is 0 Å². The molecule has 4 aromatic rings. The Labute approximate surface area is 186 Å². The largest absolute Gasteiger partial charge is 0.301 e. The molecule has 0 spiro atoms. The van der Waals surface area contributed by atoms with Crippen molar-refractivity contribution in [2.75, 3.05) is 11.9 Å². The summed E-state index contributed by atoms with van der Waals surface area (Å²) in [7, 11) is -3.77. The molecular formula is C20H16ClN3O3S3. The SMILES string of the molecule is O=C(Nc1nc2c(ccc3ccccc32)s1)C1CCCN1S(=O)(=O)c1ccc(Cl)s1. The van der Waals surface area contributed by atoms with Gasteiger partial charge in [0.1, 0.15) is 10.3 Å². The van der Waals surface area contributed by atoms with Gasteiger partial charge in [0.15, 0.2) is 5.13 Å². The second-order valence-corrected chi connectivity index (χ2v) is 11.8. The lowest BCUT2D eigenvalue weighted by atomic mass is 10.1. The maximum absolute atomic E-state index is 13.0. The second-order valence-electron chi connectivity index (χ2n) is 6.97. The summed E-state index contributed by atoms with van der Waals surface area (Å²) in [6, 6.07) is 14.2. The van der Waals surface area contributed by atoms with Crippen LogP contribution in [0.3, 0.4) is 0 Å². The number of fused-ring (bicyclic) bond motifs is 3. The van der Waals surface area contributed by atoms with Crippen molar-refractivity contribution >= 4 is 76.3 Å². The average molecular weight is 478 g/mol. The number of carbonyl (C=O) groups excluding carboxylic acids is 1. The molecule has 1 N–H and O–H groups in total. The Hall–Kier alpha value is -2.04. The Morgan fingerprint density at radius 2 is 1.97 bits per heavy atom. The molecule has 154 valence electrons. The number of thiazole rings is 1. The zero-order valence-corrected chi connectivity index (χ0v) is 18.7. The van der Waals surface area contributed by atoms with E-state index in [0.29, 0.717) is 28.9 Å². The fraction of sp³-hybridized carbons (Fsp3) is 0.200. The molecule has 1 fully saturated rings. The van der Waals surface area contributed by atoms with E-state index in [0.717, 1.165) is 32.3 Å². The molecule has 0 bridgehead atoms. The summed E-state index contributed by atoms with van der Waals surface area (Å²) in [5.74, 6) is -0.359. The lowest BCUT2D eigenvalue weighted by Crippen LogP contribution is -2.42. The smallest absolute Gasteiger partial charge is 0.253 e. The quantitative estimate of drug-likeness (QED) is 0.450. The first-order valence-electron chi connectivity index (χ1n) is 9.30. The molecule has 0 aliphatic carbocycles. The topological polar surface area (TPSA) is 79.4 Å². The summed E-state index contributed by atoms with van der Waals surface area (Å²) in [4.78, 5) is 17.6. The number of amides is 1. The van der Waals surface area contributed by atoms with Crippen LogP contribution in [0, 0.1) is 0 Å². The van der Waals surface area contributed by atoms with Gasteiger partial charge in [-0.1, -0.05) is 53.3 Å². The third-order valence-corrected chi connectivity index (χ3v) is 9.67. The minimum atomic E-state index is -3.77. The summed E-state index contributed by atoms with van der Waals surface area (Å²) in [6.45, 7) is 0.306. The summed E-state index contributed by atoms with van der Waals surface area (Å²) >= 11 is 8.29. The number of nitrogens with zero attached hydrogens (tertiary/aromatic N) is 2. The summed E-state index contributed by atoms with van der Waals surface area (Å²) in [5.41, 5.74) is 0.831. The Bertz CT molecular complexity index is 1380. The van der Waals surface area contributed by atoms with E-state index in [4.69, 9.17) is 11.6 Å². The predicted molar refractivity (Wildman–Crippen MR) is 122 cm³/mol. The third kappa shape index (κ3) is 3.40. The molecule has 1 unspecified atom stereocenters. The van der Waals surface area contributed by atoms with Crippen LogP contribution in [0.5, 0.6) is 0 Å². The fourth-order valence-electron chi connectivity index (χ4n) is 3.75. The molecule has 3 heterocycles. The third-order valence-electron chi connectivity index (χ3n) is 5.13. The highest BCUT2D eigenvalue weighted by molar-refractivity contribution is 7.91. The van der Waals surface area contributed by atoms with Gasteiger partial charge in [-0.05, 0) is 36.4 Å². The number of hydrogen-bond donors (Lipinski definition) is 1. The van der Waals surface area contributed by atoms with E-state index in [1.165, 1.54) is 21.7 Å². The van der Waals surface area contributed by atoms with Gasteiger partial charge < -0.3 is 5.32 Å². The van der Waals surface area contributed by atoms with Crippen LogP contribution in [-0.2, 0) is 14.8 Å². The van der Waals surface area contributed by atoms with Crippen molar-refractivity contribution in [3.05, 3.63) is 52.9 Å². The molecule has 2 aromatic heterocycles. The fourth-order valence-corrected chi connectivity index (χ4v) is 7.90. The van der Waals surface area contributed by atoms with Crippen molar-refractivity contribution in [1.29, 1.82) is 0 Å². The van der Waals surface area contributed by atoms with Gasteiger partial charge in [0.25, 0.3) is 10.0 Å². The zero-order chi connectivity index (χ0) is 20.9. The Morgan fingerprint density at radius 1 is 1.13 bits per heavy atom. The van der Waals surface area contributed by atoms with Gasteiger partial charge in [0.05, 0.1) is 14.6 Å². The minimum Gasteiger partial charge on any atom is -0.301 e. The van der Waals surface area contributed by atoms with Crippen molar-refractivity contribution in [3.8, 4) is 0 Å². The van der Waals surface area contributed by atoms with Gasteiger partial charge in [0, 0.05) is 11.9 Å². The summed E-state index contributed by atoms with van der Waals surface area (Å²) < 4.78 is 28.8. The number of rotatable bonds is 4. The van der Waals surface area contributed by atoms with Crippen molar-refractivity contribution in [2.45, 2.75) is 23.1 Å². The number of thiophene rings is 1. The van der Waals surface area contributed by atoms with E-state index in [9.17, 15) is 13.2 Å². The van der Waals surface area contributed by atoms with Gasteiger partial charge in [0.2, 0.25) is 5.91 Å². The molecule has 1 amide bonds. The number of hydrogen-bond acceptors (Lipinski definition) is 6. The molecule has 30 heavy (non-hydrogen) atoms. The monoisotopic (exact) mass is 477 g/mol. The van der Waals surface area contributed by atoms with E-state index in [1.54, 1.807) is 6.07 Å². The molecule has 2 aromatic carbocycles. The number of halogens is 1. The van der Waals surface area contributed by atoms with Crippen LogP contribution in [0.15, 0.2) is 52.7 Å². The molecule has 5 rings (SSSR count). The molecule has 0 radical (unpaired) electrons. The van der Waals surface area contributed by atoms with Gasteiger partial charge in [-0.3, -0.25) is 4.79 Å². The molecule has 1 atom stereocenters. The van der Waals surface area contributed by atoms with Gasteiger partial charge in [-0.25, -0.2) is 13.4 Å². The second kappa shape index (κ2) is 7.58. The highest BCUT2D eigenvalue weighted by Crippen LogP contribution is 2.34. The number of sulfonamides is 1. The van der Waals surface area contributed by atoms with Crippen molar-refractivity contribution in [3.63, 3.8) is 0 Å². The summed E-state index contributed by atoms with van der Waals surface area (Å²) in [6.07, 6.45) is 1.10. The Balaban J connectivity index is 1.42. The van der Waals surface area contributed by atoms with Crippen LogP contribution >= 0.6 is 34.3 Å². The van der Waals surface area contributed by atoms with Crippen LogP contribution in [-0.4, -0.2) is 36.2 Å². The number of aromatic nitrogens is 1. The van der Waals surface area contributed by atoms with Crippen molar-refractivity contribution < 1.29 is 13.2 Å². The minimum absolute atomic E-state index is 0.152. The van der Waals surface area contributed by atoms with E-state index < -0.39 is 16.1 Å². The maximum Gasteiger partial charge on any atom is 0.253 e. The number of anilines is 1. The Kier molecular flexibility index (Phi) is 5.03. The average Bonchev–Trinajstić information content (AvgIpc) is 3.47. The number of carbonyl (C=O) groups is 1. The van der Waals surface area contributed by atoms with Gasteiger partial charge >= 0.3 is 0 Å². The molecule has 10 heteroatoms. The number of benzene rings is 2. The van der Waals surface area contributed by atoms with E-state index in [-0.39, 0.29) is 10.1 Å². The predicted octanol–water partition coefficient (Wildman–Crippen LogP) is 4.96. The standard InChI is InChI=1S/C20H16ClN3O3S3/c21-16-9-10-17(29-16)30(26,27)24-11-3-6-14(24)19(25)23-20-22-18-13-5-2-1-4-12(13)7-8-15(18)28-20/h1-2,4-5,7-10,14H,3,6,11H2,(H,22,23,25). The first-order chi connectivity index (χ1) is 14.4. The van der Waals surface area contributed by atoms with Crippen LogP contribution in [0.25, 0.3) is 21.0 Å². The summed E-state index contributed by atoms with van der Waals surface area (Å²) in [5, 5.41) is 5.40. The molecule has 1 saturated heterocycles. The molecule has 1 aliphatic heterocycles. The van der Waals surface area contributed by atoms with E-state index in [1.807, 2.05) is 36.4 Å². The highest BCUT2D eigenvalue weighted by Gasteiger charge is 2.40. The Morgan fingerprint density at radius 3 is 2.77 bits per heavy atom. The van der Waals surface area contributed by atoms with Crippen molar-refractivity contribution in [2.24, 2.45) is 0 Å². The van der Waals surface area contributed by atoms with Gasteiger partial charge in [-0.15, -0.1) is 11.3 Å². The van der Waals surface area contributed by atoms with Crippen LogP contribution in [0.2, 0.25) is 4.34 Å². The van der Waals surface area contributed by atoms with E-state index in [2.05, 4.69) is 10.3 Å². The van der Waals surface area contributed by atoms with Gasteiger partial charge in [-0.2, -0.15) is 4.31 Å². The van der Waals surface area contributed by atoms with Crippen LogP contribution in [0.1, 0.15) is 12.8 Å². The maximum atomic E-state index is 13.0. The number of nitrogens with one attached hydrogen (secondary N) is 1. The molecule has 1 aliphatic rings. The molecule has 0 saturated carbocycles. The lowest BCUT2D eigenvalue weighted by Gasteiger charge is -2.22. The highest BCUT2D eigenvalue weighted by atomic mass is 35.5. The first-order valence-corrected chi connectivity index (χ1v) is 12.7. The lowest BCUT2D eigenvalue weighted by molar-refractivity contribution is -0.119. The van der Waals surface area contributed by atoms with Crippen LogP contribution < -0.4 is 5.32 Å². The molecule has 6 nitrogen and oxygen atoms in total.